The minimum atomic E-state index is -3.41. The minimum Gasteiger partial charge on any atom is -0.446 e. The second kappa shape index (κ2) is 7.10. The van der Waals surface area contributed by atoms with E-state index < -0.39 is 10.0 Å². The van der Waals surface area contributed by atoms with E-state index in [1.807, 2.05) is 12.1 Å². The van der Waals surface area contributed by atoms with Crippen molar-refractivity contribution >= 4 is 27.6 Å². The Morgan fingerprint density at radius 1 is 1.29 bits per heavy atom. The van der Waals surface area contributed by atoms with Crippen molar-refractivity contribution in [2.24, 2.45) is 0 Å². The van der Waals surface area contributed by atoms with E-state index in [0.29, 0.717) is 22.9 Å². The van der Waals surface area contributed by atoms with Crippen LogP contribution in [-0.4, -0.2) is 49.8 Å². The van der Waals surface area contributed by atoms with Gasteiger partial charge in [-0.05, 0) is 37.0 Å². The van der Waals surface area contributed by atoms with Crippen LogP contribution in [-0.2, 0) is 21.3 Å². The first-order valence-electron chi connectivity index (χ1n) is 9.14. The fourth-order valence-electron chi connectivity index (χ4n) is 3.61. The molecule has 1 saturated carbocycles. The Morgan fingerprint density at radius 3 is 2.89 bits per heavy atom. The minimum absolute atomic E-state index is 0.0889. The molecule has 1 aliphatic carbocycles. The summed E-state index contributed by atoms with van der Waals surface area (Å²) < 4.78 is 31.9. The lowest BCUT2D eigenvalue weighted by molar-refractivity contribution is 0.0770. The number of hydrogen-bond donors (Lipinski definition) is 3. The number of nitrogens with one attached hydrogen (secondary N) is 3. The monoisotopic (exact) mass is 405 g/mol. The standard InChI is InChI=1S/C18H23N5O4S/c1-23(2)18(24)27-14-6-4-11(7-14)15-9-17(22-21-15)20-13-5-3-12-10-19-28(25,26)16(12)8-13/h3,5,8-9,11,14,19H,4,6-7,10H2,1-2H3,(H2,20,21,22)/t11-,14+/m0/s1. The highest BCUT2D eigenvalue weighted by Crippen LogP contribution is 2.36. The van der Waals surface area contributed by atoms with Crippen LogP contribution in [0.25, 0.3) is 0 Å². The Hall–Kier alpha value is -2.59. The summed E-state index contributed by atoms with van der Waals surface area (Å²) in [5.41, 5.74) is 2.40. The smallest absolute Gasteiger partial charge is 0.409 e. The second-order valence-corrected chi connectivity index (χ2v) is 9.13. The summed E-state index contributed by atoms with van der Waals surface area (Å²) in [5, 5.41) is 10.5. The molecule has 9 nitrogen and oxygen atoms in total. The maximum absolute atomic E-state index is 12.0. The SMILES string of the molecule is CN(C)C(=O)O[C@@H]1CC[C@H](c2cc(Nc3ccc4c(c3)S(=O)(=O)NC4)n[nH]2)C1. The normalized spacial score (nSPS) is 22.6. The van der Waals surface area contributed by atoms with Crippen molar-refractivity contribution in [1.82, 2.24) is 19.8 Å². The van der Waals surface area contributed by atoms with Gasteiger partial charge in [-0.1, -0.05) is 6.07 Å². The molecule has 1 fully saturated rings. The molecule has 2 atom stereocenters. The molecule has 0 spiro atoms. The molecule has 150 valence electrons. The summed E-state index contributed by atoms with van der Waals surface area (Å²) in [5.74, 6) is 0.861. The van der Waals surface area contributed by atoms with Crippen LogP contribution < -0.4 is 10.0 Å². The van der Waals surface area contributed by atoms with Crippen molar-refractivity contribution in [1.29, 1.82) is 0 Å². The van der Waals surface area contributed by atoms with E-state index in [0.717, 1.165) is 30.5 Å². The lowest BCUT2D eigenvalue weighted by atomic mass is 10.0. The Labute approximate surface area is 163 Å². The van der Waals surface area contributed by atoms with Gasteiger partial charge in [-0.25, -0.2) is 17.9 Å². The molecule has 2 aliphatic rings. The first-order valence-corrected chi connectivity index (χ1v) is 10.6. The van der Waals surface area contributed by atoms with Crippen LogP contribution in [0.4, 0.5) is 16.3 Å². The van der Waals surface area contributed by atoms with Gasteiger partial charge in [0.05, 0.1) is 4.90 Å². The maximum Gasteiger partial charge on any atom is 0.409 e. The fraction of sp³-hybridized carbons (Fsp3) is 0.444. The Kier molecular flexibility index (Phi) is 4.76. The van der Waals surface area contributed by atoms with Crippen LogP contribution in [0.3, 0.4) is 0 Å². The van der Waals surface area contributed by atoms with Crippen LogP contribution >= 0.6 is 0 Å². The molecular formula is C18H23N5O4S. The van der Waals surface area contributed by atoms with Crippen LogP contribution in [0.5, 0.6) is 0 Å². The quantitative estimate of drug-likeness (QED) is 0.719. The Morgan fingerprint density at radius 2 is 2.11 bits per heavy atom. The number of aromatic nitrogens is 2. The average molecular weight is 405 g/mol. The number of sulfonamides is 1. The van der Waals surface area contributed by atoms with Crippen molar-refractivity contribution in [3.8, 4) is 0 Å². The molecule has 28 heavy (non-hydrogen) atoms. The molecule has 1 amide bonds. The van der Waals surface area contributed by atoms with Crippen molar-refractivity contribution in [2.75, 3.05) is 19.4 Å². The predicted octanol–water partition coefficient (Wildman–Crippen LogP) is 2.28. The van der Waals surface area contributed by atoms with Gasteiger partial charge in [0.25, 0.3) is 0 Å². The number of fused-ring (bicyclic) bond motifs is 1. The van der Waals surface area contributed by atoms with Crippen LogP contribution in [0.2, 0.25) is 0 Å². The third-order valence-corrected chi connectivity index (χ3v) is 6.62. The zero-order valence-corrected chi connectivity index (χ0v) is 16.5. The molecule has 1 aromatic carbocycles. The van der Waals surface area contributed by atoms with E-state index in [1.54, 1.807) is 26.2 Å². The van der Waals surface area contributed by atoms with Gasteiger partial charge in [0.1, 0.15) is 6.10 Å². The summed E-state index contributed by atoms with van der Waals surface area (Å²) >= 11 is 0. The first-order chi connectivity index (χ1) is 13.3. The summed E-state index contributed by atoms with van der Waals surface area (Å²) in [4.78, 5) is 13.4. The van der Waals surface area contributed by atoms with Crippen molar-refractivity contribution in [3.05, 3.63) is 35.5 Å². The zero-order chi connectivity index (χ0) is 19.9. The number of carbonyl (C=O) groups is 1. The third kappa shape index (κ3) is 3.69. The predicted molar refractivity (Wildman–Crippen MR) is 103 cm³/mol. The van der Waals surface area contributed by atoms with Crippen LogP contribution in [0.15, 0.2) is 29.2 Å². The molecular weight excluding hydrogens is 382 g/mol. The summed E-state index contributed by atoms with van der Waals surface area (Å²) in [6.07, 6.45) is 2.08. The van der Waals surface area contributed by atoms with Gasteiger partial charge in [0.2, 0.25) is 10.0 Å². The number of nitrogens with zero attached hydrogens (tertiary/aromatic N) is 2. The van der Waals surface area contributed by atoms with E-state index in [2.05, 4.69) is 20.2 Å². The number of benzene rings is 1. The van der Waals surface area contributed by atoms with Gasteiger partial charge >= 0.3 is 6.09 Å². The molecule has 0 saturated heterocycles. The van der Waals surface area contributed by atoms with Gasteiger partial charge in [0.15, 0.2) is 5.82 Å². The molecule has 2 heterocycles. The Balaban J connectivity index is 1.41. The Bertz CT molecular complexity index is 1000. The first kappa shape index (κ1) is 18.8. The van der Waals surface area contributed by atoms with Gasteiger partial charge in [-0.15, -0.1) is 0 Å². The lowest BCUT2D eigenvalue weighted by Crippen LogP contribution is -2.26. The van der Waals surface area contributed by atoms with E-state index in [1.165, 1.54) is 4.90 Å². The molecule has 10 heteroatoms. The maximum atomic E-state index is 12.0. The number of ether oxygens (including phenoxy) is 1. The molecule has 3 N–H and O–H groups in total. The van der Waals surface area contributed by atoms with Crippen molar-refractivity contribution < 1.29 is 17.9 Å². The van der Waals surface area contributed by atoms with Gasteiger partial charge in [0, 0.05) is 44.0 Å². The van der Waals surface area contributed by atoms with Gasteiger partial charge in [-0.2, -0.15) is 5.10 Å². The zero-order valence-electron chi connectivity index (χ0n) is 15.7. The molecule has 2 aromatic rings. The molecule has 0 radical (unpaired) electrons. The number of rotatable bonds is 4. The van der Waals surface area contributed by atoms with E-state index in [4.69, 9.17) is 4.74 Å². The van der Waals surface area contributed by atoms with Crippen molar-refractivity contribution in [2.45, 2.75) is 42.7 Å². The number of anilines is 2. The van der Waals surface area contributed by atoms with Crippen LogP contribution in [0, 0.1) is 0 Å². The summed E-state index contributed by atoms with van der Waals surface area (Å²) in [6.45, 7) is 0.325. The summed E-state index contributed by atoms with van der Waals surface area (Å²) in [6, 6.07) is 7.16. The summed E-state index contributed by atoms with van der Waals surface area (Å²) in [7, 11) is -0.0766. The number of amides is 1. The topological polar surface area (TPSA) is 116 Å². The second-order valence-electron chi connectivity index (χ2n) is 7.39. The van der Waals surface area contributed by atoms with E-state index >= 15 is 0 Å². The van der Waals surface area contributed by atoms with E-state index in [9.17, 15) is 13.2 Å². The highest BCUT2D eigenvalue weighted by atomic mass is 32.2. The van der Waals surface area contributed by atoms with Gasteiger partial charge < -0.3 is 15.0 Å². The number of hydrogen-bond acceptors (Lipinski definition) is 6. The largest absolute Gasteiger partial charge is 0.446 e. The number of H-pyrrole nitrogens is 1. The van der Waals surface area contributed by atoms with E-state index in [-0.39, 0.29) is 18.1 Å². The van der Waals surface area contributed by atoms with Crippen molar-refractivity contribution in [3.63, 3.8) is 0 Å². The molecule has 4 rings (SSSR count). The average Bonchev–Trinajstić information content (AvgIpc) is 3.35. The highest BCUT2D eigenvalue weighted by molar-refractivity contribution is 7.89. The lowest BCUT2D eigenvalue weighted by Gasteiger charge is -2.16. The number of carbonyl (C=O) groups excluding carboxylic acids is 1. The fourth-order valence-corrected chi connectivity index (χ4v) is 4.88. The molecule has 1 aliphatic heterocycles. The third-order valence-electron chi connectivity index (χ3n) is 5.14. The molecule has 1 aromatic heterocycles. The van der Waals surface area contributed by atoms with Gasteiger partial charge in [-0.3, -0.25) is 5.10 Å². The highest BCUT2D eigenvalue weighted by Gasteiger charge is 2.30. The van der Waals surface area contributed by atoms with Crippen LogP contribution in [0.1, 0.15) is 36.4 Å². The molecule has 0 bridgehead atoms. The molecule has 0 unspecified atom stereocenters. The number of aromatic amines is 1.